The second-order valence-electron chi connectivity index (χ2n) is 4.58. The quantitative estimate of drug-likeness (QED) is 0.856. The number of rotatable bonds is 3. The summed E-state index contributed by atoms with van der Waals surface area (Å²) >= 11 is 3.21. The van der Waals surface area contributed by atoms with E-state index in [1.54, 1.807) is 33.7 Å². The summed E-state index contributed by atoms with van der Waals surface area (Å²) in [6.45, 7) is 0.275. The SMILES string of the molecule is O=c1n(Cc2ccc(Br)cc2F)ccn1C1CC1. The summed E-state index contributed by atoms with van der Waals surface area (Å²) in [6.07, 6.45) is 5.64. The first kappa shape index (κ1) is 11.7. The van der Waals surface area contributed by atoms with Crippen molar-refractivity contribution >= 4 is 15.9 Å². The second-order valence-corrected chi connectivity index (χ2v) is 5.50. The number of nitrogens with zero attached hydrogens (tertiary/aromatic N) is 2. The summed E-state index contributed by atoms with van der Waals surface area (Å²) in [4.78, 5) is 12.0. The van der Waals surface area contributed by atoms with Gasteiger partial charge in [-0.3, -0.25) is 9.13 Å². The van der Waals surface area contributed by atoms with Crippen molar-refractivity contribution in [3.05, 3.63) is 56.9 Å². The maximum atomic E-state index is 13.7. The molecule has 0 bridgehead atoms. The Bertz CT molecular complexity index is 643. The molecule has 0 amide bonds. The smallest absolute Gasteiger partial charge is 0.296 e. The van der Waals surface area contributed by atoms with Gasteiger partial charge in [0.15, 0.2) is 0 Å². The zero-order valence-electron chi connectivity index (χ0n) is 9.64. The molecule has 0 N–H and O–H groups in total. The highest BCUT2D eigenvalue weighted by Gasteiger charge is 2.25. The molecule has 3 nitrogen and oxygen atoms in total. The van der Waals surface area contributed by atoms with Crippen molar-refractivity contribution < 1.29 is 4.39 Å². The molecule has 94 valence electrons. The van der Waals surface area contributed by atoms with Crippen LogP contribution in [0.15, 0.2) is 39.9 Å². The van der Waals surface area contributed by atoms with E-state index in [0.29, 0.717) is 16.1 Å². The molecule has 1 aliphatic carbocycles. The number of hydrogen-bond donors (Lipinski definition) is 0. The number of imidazole rings is 1. The minimum atomic E-state index is -0.296. The van der Waals surface area contributed by atoms with Gasteiger partial charge in [-0.25, -0.2) is 9.18 Å². The molecule has 18 heavy (non-hydrogen) atoms. The molecule has 2 aromatic rings. The van der Waals surface area contributed by atoms with Gasteiger partial charge in [0.1, 0.15) is 5.82 Å². The zero-order valence-corrected chi connectivity index (χ0v) is 11.2. The van der Waals surface area contributed by atoms with E-state index in [1.165, 1.54) is 6.07 Å². The topological polar surface area (TPSA) is 26.9 Å². The van der Waals surface area contributed by atoms with Crippen molar-refractivity contribution in [3.8, 4) is 0 Å². The summed E-state index contributed by atoms with van der Waals surface area (Å²) in [5, 5.41) is 0. The average Bonchev–Trinajstić information content (AvgIpc) is 3.10. The summed E-state index contributed by atoms with van der Waals surface area (Å²) in [5.74, 6) is -0.296. The lowest BCUT2D eigenvalue weighted by atomic mass is 10.2. The summed E-state index contributed by atoms with van der Waals surface area (Å²) < 4.78 is 17.7. The molecule has 1 fully saturated rings. The van der Waals surface area contributed by atoms with Gasteiger partial charge in [0.2, 0.25) is 0 Å². The van der Waals surface area contributed by atoms with Crippen molar-refractivity contribution in [1.82, 2.24) is 9.13 Å². The summed E-state index contributed by atoms with van der Waals surface area (Å²) in [7, 11) is 0. The van der Waals surface area contributed by atoms with Gasteiger partial charge in [0.05, 0.1) is 6.54 Å². The fourth-order valence-corrected chi connectivity index (χ4v) is 2.35. The Balaban J connectivity index is 1.90. The monoisotopic (exact) mass is 310 g/mol. The Morgan fingerprint density at radius 2 is 2.11 bits per heavy atom. The first-order valence-corrected chi connectivity index (χ1v) is 6.65. The van der Waals surface area contributed by atoms with E-state index < -0.39 is 0 Å². The van der Waals surface area contributed by atoms with Crippen LogP contribution in [0.4, 0.5) is 4.39 Å². The molecule has 0 aliphatic heterocycles. The Hall–Kier alpha value is -1.36. The average molecular weight is 311 g/mol. The highest BCUT2D eigenvalue weighted by atomic mass is 79.9. The third-order valence-corrected chi connectivity index (χ3v) is 3.66. The summed E-state index contributed by atoms with van der Waals surface area (Å²) in [5.41, 5.74) is 0.466. The third-order valence-electron chi connectivity index (χ3n) is 3.17. The molecule has 1 saturated carbocycles. The first-order chi connectivity index (χ1) is 8.65. The Labute approximate surface area is 112 Å². The first-order valence-electron chi connectivity index (χ1n) is 5.86. The number of aromatic nitrogens is 2. The lowest BCUT2D eigenvalue weighted by Gasteiger charge is -2.04. The fraction of sp³-hybridized carbons (Fsp3) is 0.308. The Morgan fingerprint density at radius 3 is 2.78 bits per heavy atom. The second kappa shape index (κ2) is 4.39. The predicted octanol–water partition coefficient (Wildman–Crippen LogP) is 2.93. The lowest BCUT2D eigenvalue weighted by molar-refractivity contribution is 0.589. The highest BCUT2D eigenvalue weighted by Crippen LogP contribution is 2.33. The van der Waals surface area contributed by atoms with E-state index in [2.05, 4.69) is 15.9 Å². The molecule has 3 rings (SSSR count). The van der Waals surface area contributed by atoms with Gasteiger partial charge in [0.25, 0.3) is 0 Å². The van der Waals surface area contributed by atoms with Crippen LogP contribution in [0.25, 0.3) is 0 Å². The molecule has 1 aromatic carbocycles. The van der Waals surface area contributed by atoms with Crippen LogP contribution in [-0.2, 0) is 6.54 Å². The van der Waals surface area contributed by atoms with E-state index in [4.69, 9.17) is 0 Å². The van der Waals surface area contributed by atoms with E-state index in [-0.39, 0.29) is 18.1 Å². The number of halogens is 2. The predicted molar refractivity (Wildman–Crippen MR) is 70.2 cm³/mol. The van der Waals surface area contributed by atoms with Crippen LogP contribution in [0, 0.1) is 5.82 Å². The van der Waals surface area contributed by atoms with Crippen LogP contribution in [0.3, 0.4) is 0 Å². The van der Waals surface area contributed by atoms with Crippen molar-refractivity contribution in [3.63, 3.8) is 0 Å². The maximum absolute atomic E-state index is 13.7. The molecule has 0 radical (unpaired) electrons. The van der Waals surface area contributed by atoms with Gasteiger partial charge in [-0.15, -0.1) is 0 Å². The van der Waals surface area contributed by atoms with Crippen LogP contribution in [-0.4, -0.2) is 9.13 Å². The van der Waals surface area contributed by atoms with Gasteiger partial charge >= 0.3 is 5.69 Å². The molecule has 1 aromatic heterocycles. The van der Waals surface area contributed by atoms with Crippen LogP contribution in [0.2, 0.25) is 0 Å². The number of hydrogen-bond acceptors (Lipinski definition) is 1. The largest absolute Gasteiger partial charge is 0.328 e. The van der Waals surface area contributed by atoms with E-state index >= 15 is 0 Å². The molecular formula is C13H12BrFN2O. The molecule has 1 aliphatic rings. The van der Waals surface area contributed by atoms with E-state index in [9.17, 15) is 9.18 Å². The van der Waals surface area contributed by atoms with Crippen molar-refractivity contribution in [2.45, 2.75) is 25.4 Å². The molecule has 0 unspecified atom stereocenters. The number of benzene rings is 1. The van der Waals surface area contributed by atoms with Crippen molar-refractivity contribution in [2.24, 2.45) is 0 Å². The van der Waals surface area contributed by atoms with E-state index in [0.717, 1.165) is 12.8 Å². The lowest BCUT2D eigenvalue weighted by Crippen LogP contribution is -2.24. The van der Waals surface area contributed by atoms with Gasteiger partial charge in [-0.05, 0) is 25.0 Å². The van der Waals surface area contributed by atoms with Crippen LogP contribution < -0.4 is 5.69 Å². The fourth-order valence-electron chi connectivity index (χ4n) is 2.01. The van der Waals surface area contributed by atoms with Gasteiger partial charge in [-0.2, -0.15) is 0 Å². The standard InChI is InChI=1S/C13H12BrFN2O/c14-10-2-1-9(12(15)7-10)8-16-5-6-17(13(16)18)11-3-4-11/h1-2,5-7,11H,3-4,8H2. The third kappa shape index (κ3) is 2.14. The molecule has 1 heterocycles. The maximum Gasteiger partial charge on any atom is 0.328 e. The Morgan fingerprint density at radius 1 is 1.33 bits per heavy atom. The van der Waals surface area contributed by atoms with Crippen molar-refractivity contribution in [1.29, 1.82) is 0 Å². The minimum Gasteiger partial charge on any atom is -0.296 e. The molecule has 0 spiro atoms. The molecule has 0 saturated heterocycles. The molecular weight excluding hydrogens is 299 g/mol. The normalized spacial score (nSPS) is 15.0. The van der Waals surface area contributed by atoms with Crippen LogP contribution in [0.5, 0.6) is 0 Å². The molecule has 0 atom stereocenters. The van der Waals surface area contributed by atoms with Crippen LogP contribution in [0.1, 0.15) is 24.4 Å². The van der Waals surface area contributed by atoms with Crippen LogP contribution >= 0.6 is 15.9 Å². The Kier molecular flexibility index (Phi) is 2.86. The van der Waals surface area contributed by atoms with Gasteiger partial charge < -0.3 is 0 Å². The minimum absolute atomic E-state index is 0.0557. The zero-order chi connectivity index (χ0) is 12.7. The van der Waals surface area contributed by atoms with Crippen molar-refractivity contribution in [2.75, 3.05) is 0 Å². The summed E-state index contributed by atoms with van der Waals surface area (Å²) in [6, 6.07) is 5.24. The highest BCUT2D eigenvalue weighted by molar-refractivity contribution is 9.10. The van der Waals surface area contributed by atoms with E-state index in [1.807, 2.05) is 0 Å². The molecule has 5 heteroatoms. The van der Waals surface area contributed by atoms with Gasteiger partial charge in [-0.1, -0.05) is 22.0 Å². The van der Waals surface area contributed by atoms with Gasteiger partial charge in [0, 0.05) is 28.5 Å².